The average molecular weight is 276 g/mol. The van der Waals surface area contributed by atoms with Gasteiger partial charge in [0.25, 0.3) is 0 Å². The van der Waals surface area contributed by atoms with Gasteiger partial charge in [-0.25, -0.2) is 0 Å². The molecule has 1 aliphatic rings. The fraction of sp³-hybridized carbons (Fsp3) is 0.467. The van der Waals surface area contributed by atoms with Crippen LogP contribution in [0.5, 0.6) is 0 Å². The Balaban J connectivity index is 1.92. The van der Waals surface area contributed by atoms with Gasteiger partial charge in [0.15, 0.2) is 0 Å². The normalized spacial score (nSPS) is 18.4. The van der Waals surface area contributed by atoms with E-state index in [1.807, 2.05) is 24.3 Å². The van der Waals surface area contributed by atoms with Crippen molar-refractivity contribution < 1.29 is 14.3 Å². The van der Waals surface area contributed by atoms with Gasteiger partial charge in [-0.1, -0.05) is 24.3 Å². The number of hydrogen-bond acceptors (Lipinski definition) is 4. The Kier molecular flexibility index (Phi) is 5.12. The lowest BCUT2D eigenvalue weighted by atomic mass is 10.0. The van der Waals surface area contributed by atoms with Crippen molar-refractivity contribution in [3.8, 4) is 0 Å². The first-order valence-electron chi connectivity index (χ1n) is 6.82. The van der Waals surface area contributed by atoms with Gasteiger partial charge >= 0.3 is 5.97 Å². The third-order valence-electron chi connectivity index (χ3n) is 3.53. The van der Waals surface area contributed by atoms with E-state index in [1.54, 1.807) is 0 Å². The summed E-state index contributed by atoms with van der Waals surface area (Å²) in [5.74, 6) is -0.114. The lowest BCUT2D eigenvalue weighted by Gasteiger charge is -2.24. The second-order valence-electron chi connectivity index (χ2n) is 4.94. The summed E-state index contributed by atoms with van der Waals surface area (Å²) < 4.78 is 4.71. The summed E-state index contributed by atoms with van der Waals surface area (Å²) in [6.45, 7) is 1.35. The molecule has 108 valence electrons. The predicted molar refractivity (Wildman–Crippen MR) is 75.0 cm³/mol. The molecule has 1 aromatic carbocycles. The monoisotopic (exact) mass is 276 g/mol. The molecule has 1 saturated heterocycles. The van der Waals surface area contributed by atoms with E-state index in [4.69, 9.17) is 4.74 Å². The molecule has 0 spiro atoms. The molecule has 2 N–H and O–H groups in total. The van der Waals surface area contributed by atoms with Gasteiger partial charge in [-0.05, 0) is 17.5 Å². The first-order valence-corrected chi connectivity index (χ1v) is 6.82. The summed E-state index contributed by atoms with van der Waals surface area (Å²) in [6.07, 6.45) is 1.71. The van der Waals surface area contributed by atoms with Crippen molar-refractivity contribution in [1.82, 2.24) is 10.6 Å². The van der Waals surface area contributed by atoms with Crippen LogP contribution in [0.15, 0.2) is 24.3 Å². The molecule has 5 heteroatoms. The van der Waals surface area contributed by atoms with Crippen molar-refractivity contribution in [2.24, 2.45) is 0 Å². The molecule has 0 radical (unpaired) electrons. The fourth-order valence-electron chi connectivity index (χ4n) is 2.29. The molecule has 20 heavy (non-hydrogen) atoms. The Morgan fingerprint density at radius 3 is 2.80 bits per heavy atom. The fourth-order valence-corrected chi connectivity index (χ4v) is 2.29. The van der Waals surface area contributed by atoms with Crippen LogP contribution in [0.2, 0.25) is 0 Å². The maximum absolute atomic E-state index is 11.4. The number of amides is 1. The summed E-state index contributed by atoms with van der Waals surface area (Å²) in [6, 6.07) is 8.12. The van der Waals surface area contributed by atoms with Gasteiger partial charge in [0.05, 0.1) is 13.5 Å². The number of methoxy groups -OCH3 is 1. The molecule has 1 fully saturated rings. The number of carbonyl (C=O) groups excluding carboxylic acids is 2. The quantitative estimate of drug-likeness (QED) is 0.780. The van der Waals surface area contributed by atoms with Crippen LogP contribution in [0, 0.1) is 0 Å². The van der Waals surface area contributed by atoms with E-state index in [0.29, 0.717) is 25.6 Å². The van der Waals surface area contributed by atoms with E-state index >= 15 is 0 Å². The van der Waals surface area contributed by atoms with Crippen LogP contribution in [-0.4, -0.2) is 31.6 Å². The zero-order chi connectivity index (χ0) is 14.4. The highest BCUT2D eigenvalue weighted by Gasteiger charge is 2.17. The van der Waals surface area contributed by atoms with Crippen molar-refractivity contribution in [1.29, 1.82) is 0 Å². The number of benzene rings is 1. The lowest BCUT2D eigenvalue weighted by molar-refractivity contribution is -0.139. The van der Waals surface area contributed by atoms with E-state index in [1.165, 1.54) is 7.11 Å². The Morgan fingerprint density at radius 2 is 2.15 bits per heavy atom. The first kappa shape index (κ1) is 14.5. The summed E-state index contributed by atoms with van der Waals surface area (Å²) in [5, 5.41) is 6.27. The molecule has 1 amide bonds. The number of rotatable bonds is 5. The molecule has 2 rings (SSSR count). The summed E-state index contributed by atoms with van der Waals surface area (Å²) in [7, 11) is 1.40. The van der Waals surface area contributed by atoms with Crippen LogP contribution < -0.4 is 10.6 Å². The molecule has 1 atom stereocenters. The van der Waals surface area contributed by atoms with Crippen LogP contribution in [0.1, 0.15) is 24.0 Å². The van der Waals surface area contributed by atoms with Gasteiger partial charge in [-0.3, -0.25) is 9.59 Å². The highest BCUT2D eigenvalue weighted by Crippen LogP contribution is 2.11. The average Bonchev–Trinajstić information content (AvgIpc) is 2.48. The van der Waals surface area contributed by atoms with Gasteiger partial charge in [0, 0.05) is 25.6 Å². The lowest BCUT2D eigenvalue weighted by Crippen LogP contribution is -2.45. The van der Waals surface area contributed by atoms with Crippen molar-refractivity contribution in [2.45, 2.75) is 31.8 Å². The molecule has 0 saturated carbocycles. The summed E-state index contributed by atoms with van der Waals surface area (Å²) in [5.41, 5.74) is 2.07. The summed E-state index contributed by atoms with van der Waals surface area (Å²) in [4.78, 5) is 22.5. The molecular weight excluding hydrogens is 256 g/mol. The van der Waals surface area contributed by atoms with E-state index in [9.17, 15) is 9.59 Å². The summed E-state index contributed by atoms with van der Waals surface area (Å²) >= 11 is 0. The number of ether oxygens (including phenoxy) is 1. The van der Waals surface area contributed by atoms with Gasteiger partial charge in [-0.2, -0.15) is 0 Å². The van der Waals surface area contributed by atoms with Crippen LogP contribution in [0.25, 0.3) is 0 Å². The van der Waals surface area contributed by atoms with Gasteiger partial charge in [-0.15, -0.1) is 0 Å². The molecule has 1 unspecified atom stereocenters. The smallest absolute Gasteiger partial charge is 0.309 e. The minimum absolute atomic E-state index is 0.120. The number of carbonyl (C=O) groups is 2. The van der Waals surface area contributed by atoms with E-state index < -0.39 is 0 Å². The molecule has 5 nitrogen and oxygen atoms in total. The van der Waals surface area contributed by atoms with Crippen LogP contribution in [-0.2, 0) is 27.3 Å². The molecule has 0 aliphatic carbocycles. The van der Waals surface area contributed by atoms with Gasteiger partial charge in [0.1, 0.15) is 0 Å². The predicted octanol–water partition coefficient (Wildman–Crippen LogP) is 0.770. The van der Waals surface area contributed by atoms with Crippen molar-refractivity contribution >= 4 is 11.9 Å². The van der Waals surface area contributed by atoms with Crippen LogP contribution in [0.3, 0.4) is 0 Å². The molecular formula is C15H20N2O3. The Bertz CT molecular complexity index is 478. The maximum atomic E-state index is 11.4. The van der Waals surface area contributed by atoms with E-state index in [2.05, 4.69) is 10.6 Å². The minimum atomic E-state index is -0.234. The molecule has 1 aliphatic heterocycles. The van der Waals surface area contributed by atoms with Gasteiger partial charge in [0.2, 0.25) is 5.91 Å². The SMILES string of the molecule is COC(=O)Cc1ccccc1CNC1CCC(=O)NC1. The second kappa shape index (κ2) is 7.05. The highest BCUT2D eigenvalue weighted by atomic mass is 16.5. The standard InChI is InChI=1S/C15H20N2O3/c1-20-15(19)8-11-4-2-3-5-12(11)9-16-13-6-7-14(18)17-10-13/h2-5,13,16H,6-10H2,1H3,(H,17,18). The van der Waals surface area contributed by atoms with Gasteiger partial charge < -0.3 is 15.4 Å². The van der Waals surface area contributed by atoms with E-state index in [-0.39, 0.29) is 18.3 Å². The van der Waals surface area contributed by atoms with Crippen LogP contribution in [0.4, 0.5) is 0 Å². The van der Waals surface area contributed by atoms with E-state index in [0.717, 1.165) is 17.5 Å². The molecule has 1 heterocycles. The Morgan fingerprint density at radius 1 is 1.40 bits per heavy atom. The molecule has 0 bridgehead atoms. The highest BCUT2D eigenvalue weighted by molar-refractivity contribution is 5.76. The third-order valence-corrected chi connectivity index (χ3v) is 3.53. The largest absolute Gasteiger partial charge is 0.469 e. The number of esters is 1. The third kappa shape index (κ3) is 4.06. The zero-order valence-electron chi connectivity index (χ0n) is 11.6. The number of piperidine rings is 1. The molecule has 0 aromatic heterocycles. The maximum Gasteiger partial charge on any atom is 0.309 e. The Hall–Kier alpha value is -1.88. The number of hydrogen-bond donors (Lipinski definition) is 2. The van der Waals surface area contributed by atoms with Crippen molar-refractivity contribution in [2.75, 3.05) is 13.7 Å². The van der Waals surface area contributed by atoms with Crippen molar-refractivity contribution in [3.63, 3.8) is 0 Å². The molecule has 1 aromatic rings. The topological polar surface area (TPSA) is 67.4 Å². The second-order valence-corrected chi connectivity index (χ2v) is 4.94. The Labute approximate surface area is 118 Å². The first-order chi connectivity index (χ1) is 9.69. The van der Waals surface area contributed by atoms with Crippen molar-refractivity contribution in [3.05, 3.63) is 35.4 Å². The number of nitrogens with one attached hydrogen (secondary N) is 2. The minimum Gasteiger partial charge on any atom is -0.469 e. The van der Waals surface area contributed by atoms with Crippen LogP contribution >= 0.6 is 0 Å². The zero-order valence-corrected chi connectivity index (χ0v) is 11.6.